The Morgan fingerprint density at radius 3 is 2.47 bits per heavy atom. The summed E-state index contributed by atoms with van der Waals surface area (Å²) in [6.07, 6.45) is 1.49. The van der Waals surface area contributed by atoms with Gasteiger partial charge < -0.3 is 19.4 Å². The molecule has 0 unspecified atom stereocenters. The zero-order chi connectivity index (χ0) is 21.5. The number of aromatic carboxylic acids is 1. The van der Waals surface area contributed by atoms with Gasteiger partial charge in [0.15, 0.2) is 11.5 Å². The van der Waals surface area contributed by atoms with Gasteiger partial charge in [0.05, 0.1) is 30.5 Å². The molecule has 0 spiro atoms. The number of carboxylic acids is 1. The summed E-state index contributed by atoms with van der Waals surface area (Å²) in [6.45, 7) is 0. The van der Waals surface area contributed by atoms with Crippen molar-refractivity contribution in [3.8, 4) is 11.5 Å². The zero-order valence-corrected chi connectivity index (χ0v) is 15.8. The maximum atomic E-state index is 13.0. The number of nitrogens with one attached hydrogen (secondary N) is 1. The van der Waals surface area contributed by atoms with Crippen LogP contribution in [0.3, 0.4) is 0 Å². The lowest BCUT2D eigenvalue weighted by molar-refractivity contribution is -0.255. The Morgan fingerprint density at radius 1 is 1.00 bits per heavy atom. The van der Waals surface area contributed by atoms with Gasteiger partial charge in [0.1, 0.15) is 5.82 Å². The van der Waals surface area contributed by atoms with Crippen molar-refractivity contribution < 1.29 is 28.6 Å². The van der Waals surface area contributed by atoms with Crippen molar-refractivity contribution in [2.75, 3.05) is 12.5 Å². The maximum Gasteiger partial charge on any atom is 0.343 e. The predicted octanol–water partition coefficient (Wildman–Crippen LogP) is 2.86. The van der Waals surface area contributed by atoms with Crippen LogP contribution in [-0.2, 0) is 0 Å². The second kappa shape index (κ2) is 9.33. The summed E-state index contributed by atoms with van der Waals surface area (Å²) in [4.78, 5) is 23.1. The molecule has 0 fully saturated rings. The number of rotatable bonds is 7. The van der Waals surface area contributed by atoms with Crippen LogP contribution in [0.4, 0.5) is 10.1 Å². The lowest BCUT2D eigenvalue weighted by Crippen LogP contribution is -2.22. The number of ether oxygens (including phenoxy) is 2. The van der Waals surface area contributed by atoms with Crippen molar-refractivity contribution >= 4 is 23.8 Å². The van der Waals surface area contributed by atoms with Crippen LogP contribution in [0.25, 0.3) is 0 Å². The number of esters is 1. The number of methoxy groups -OCH3 is 1. The summed E-state index contributed by atoms with van der Waals surface area (Å²) in [5, 5.41) is 14.9. The SMILES string of the molecule is COc1cc(/C=N\Nc2cccc(C(=O)[O-])c2)ccc1OC(=O)c1ccc(F)cc1. The minimum Gasteiger partial charge on any atom is -0.545 e. The second-order valence-corrected chi connectivity index (χ2v) is 6.04. The molecule has 0 aliphatic carbocycles. The molecule has 3 rings (SSSR count). The van der Waals surface area contributed by atoms with Crippen molar-refractivity contribution in [2.45, 2.75) is 0 Å². The van der Waals surface area contributed by atoms with Crippen molar-refractivity contribution in [3.63, 3.8) is 0 Å². The van der Waals surface area contributed by atoms with Crippen LogP contribution in [0.1, 0.15) is 26.3 Å². The van der Waals surface area contributed by atoms with Crippen LogP contribution < -0.4 is 20.0 Å². The van der Waals surface area contributed by atoms with Gasteiger partial charge >= 0.3 is 5.97 Å². The van der Waals surface area contributed by atoms with E-state index in [0.29, 0.717) is 17.0 Å². The average molecular weight is 407 g/mol. The number of nitrogens with zero attached hydrogens (tertiary/aromatic N) is 1. The first kappa shape index (κ1) is 20.5. The Morgan fingerprint density at radius 2 is 1.77 bits per heavy atom. The highest BCUT2D eigenvalue weighted by atomic mass is 19.1. The average Bonchev–Trinajstić information content (AvgIpc) is 2.75. The first-order valence-corrected chi connectivity index (χ1v) is 8.72. The number of carbonyl (C=O) groups excluding carboxylic acids is 2. The molecular weight excluding hydrogens is 391 g/mol. The molecule has 30 heavy (non-hydrogen) atoms. The summed E-state index contributed by atoms with van der Waals surface area (Å²) in [7, 11) is 1.43. The van der Waals surface area contributed by atoms with Gasteiger partial charge in [-0.15, -0.1) is 0 Å². The number of carboxylic acid groups (broad SMARTS) is 1. The molecule has 3 aromatic carbocycles. The number of benzene rings is 3. The lowest BCUT2D eigenvalue weighted by atomic mass is 10.2. The third-order valence-electron chi connectivity index (χ3n) is 3.98. The van der Waals surface area contributed by atoms with Crippen LogP contribution in [0, 0.1) is 5.82 Å². The van der Waals surface area contributed by atoms with E-state index in [0.717, 1.165) is 0 Å². The number of anilines is 1. The highest BCUT2D eigenvalue weighted by molar-refractivity contribution is 5.91. The molecule has 0 radical (unpaired) electrons. The number of hydrogen-bond donors (Lipinski definition) is 1. The van der Waals surface area contributed by atoms with Crippen LogP contribution in [-0.4, -0.2) is 25.3 Å². The quantitative estimate of drug-likeness (QED) is 0.280. The summed E-state index contributed by atoms with van der Waals surface area (Å²) in [5.74, 6) is -1.89. The Bertz CT molecular complexity index is 1100. The molecule has 0 aromatic heterocycles. The van der Waals surface area contributed by atoms with E-state index in [1.807, 2.05) is 0 Å². The van der Waals surface area contributed by atoms with Crippen molar-refractivity contribution in [3.05, 3.63) is 89.2 Å². The van der Waals surface area contributed by atoms with Gasteiger partial charge in [0.2, 0.25) is 0 Å². The highest BCUT2D eigenvalue weighted by Crippen LogP contribution is 2.28. The molecule has 0 amide bonds. The third-order valence-corrected chi connectivity index (χ3v) is 3.98. The van der Waals surface area contributed by atoms with E-state index in [1.165, 1.54) is 49.7 Å². The van der Waals surface area contributed by atoms with E-state index in [2.05, 4.69) is 10.5 Å². The molecule has 0 bridgehead atoms. The van der Waals surface area contributed by atoms with Gasteiger partial charge in [-0.2, -0.15) is 5.10 Å². The lowest BCUT2D eigenvalue weighted by Gasteiger charge is -2.10. The van der Waals surface area contributed by atoms with Gasteiger partial charge in [-0.3, -0.25) is 5.43 Å². The first-order valence-electron chi connectivity index (χ1n) is 8.72. The molecule has 0 aliphatic rings. The predicted molar refractivity (Wildman–Crippen MR) is 106 cm³/mol. The Labute approximate surface area is 171 Å². The number of hydrazone groups is 1. The monoisotopic (exact) mass is 407 g/mol. The molecule has 0 atom stereocenters. The second-order valence-electron chi connectivity index (χ2n) is 6.04. The van der Waals surface area contributed by atoms with E-state index < -0.39 is 17.8 Å². The van der Waals surface area contributed by atoms with E-state index in [9.17, 15) is 19.1 Å². The Kier molecular flexibility index (Phi) is 6.39. The minimum atomic E-state index is -1.28. The number of carbonyl (C=O) groups is 2. The summed E-state index contributed by atoms with van der Waals surface area (Å²) in [5.41, 5.74) is 4.07. The van der Waals surface area contributed by atoms with Crippen LogP contribution in [0.2, 0.25) is 0 Å². The fraction of sp³-hybridized carbons (Fsp3) is 0.0455. The van der Waals surface area contributed by atoms with Gasteiger partial charge in [0, 0.05) is 0 Å². The van der Waals surface area contributed by atoms with E-state index in [1.54, 1.807) is 30.3 Å². The van der Waals surface area contributed by atoms with E-state index >= 15 is 0 Å². The molecule has 8 heteroatoms. The molecule has 152 valence electrons. The van der Waals surface area contributed by atoms with Gasteiger partial charge in [-0.1, -0.05) is 12.1 Å². The van der Waals surface area contributed by atoms with Gasteiger partial charge in [-0.25, -0.2) is 9.18 Å². The fourth-order valence-corrected chi connectivity index (χ4v) is 2.49. The van der Waals surface area contributed by atoms with Crippen molar-refractivity contribution in [1.29, 1.82) is 0 Å². The molecular formula is C22H16FN2O5-. The molecule has 3 aromatic rings. The summed E-state index contributed by atoms with van der Waals surface area (Å²) in [6, 6.07) is 15.8. The first-order chi connectivity index (χ1) is 14.5. The molecule has 0 aliphatic heterocycles. The Balaban J connectivity index is 1.69. The zero-order valence-electron chi connectivity index (χ0n) is 15.8. The standard InChI is InChI=1S/C22H17FN2O5/c1-29-20-11-14(13-24-25-18-4-2-3-16(12-18)21(26)27)5-10-19(20)30-22(28)15-6-8-17(23)9-7-15/h2-13,25H,1H3,(H,26,27)/p-1/b24-13-. The largest absolute Gasteiger partial charge is 0.545 e. The van der Waals surface area contributed by atoms with Crippen LogP contribution in [0.5, 0.6) is 11.5 Å². The number of hydrogen-bond acceptors (Lipinski definition) is 7. The fourth-order valence-electron chi connectivity index (χ4n) is 2.49. The minimum absolute atomic E-state index is 0.0317. The summed E-state index contributed by atoms with van der Waals surface area (Å²) >= 11 is 0. The van der Waals surface area contributed by atoms with E-state index in [4.69, 9.17) is 9.47 Å². The smallest absolute Gasteiger partial charge is 0.343 e. The Hall–Kier alpha value is -4.20. The van der Waals surface area contributed by atoms with Crippen LogP contribution in [0.15, 0.2) is 71.8 Å². The van der Waals surface area contributed by atoms with Gasteiger partial charge in [-0.05, 0) is 65.7 Å². The number of halogens is 1. The third kappa shape index (κ3) is 5.20. The molecule has 0 heterocycles. The highest BCUT2D eigenvalue weighted by Gasteiger charge is 2.13. The molecule has 0 saturated heterocycles. The normalized spacial score (nSPS) is 10.6. The molecule has 7 nitrogen and oxygen atoms in total. The van der Waals surface area contributed by atoms with Gasteiger partial charge in [0.25, 0.3) is 0 Å². The topological polar surface area (TPSA) is 100 Å². The van der Waals surface area contributed by atoms with Crippen molar-refractivity contribution in [2.24, 2.45) is 5.10 Å². The maximum absolute atomic E-state index is 13.0. The van der Waals surface area contributed by atoms with E-state index in [-0.39, 0.29) is 16.9 Å². The van der Waals surface area contributed by atoms with Crippen molar-refractivity contribution in [1.82, 2.24) is 0 Å². The molecule has 1 N–H and O–H groups in total. The van der Waals surface area contributed by atoms with Crippen LogP contribution >= 0.6 is 0 Å². The summed E-state index contributed by atoms with van der Waals surface area (Å²) < 4.78 is 23.6. The molecule has 0 saturated carbocycles.